The maximum Gasteiger partial charge on any atom is 0.325 e. The topological polar surface area (TPSA) is 76.0 Å². The molecule has 10 heteroatoms. The lowest BCUT2D eigenvalue weighted by Gasteiger charge is -2.36. The van der Waals surface area contributed by atoms with Gasteiger partial charge in [0.25, 0.3) is 0 Å². The van der Waals surface area contributed by atoms with Crippen LogP contribution in [0.5, 0.6) is 0 Å². The number of rotatable bonds is 5. The minimum atomic E-state index is -0.624. The maximum absolute atomic E-state index is 13.7. The molecule has 32 heavy (non-hydrogen) atoms. The lowest BCUT2D eigenvalue weighted by Crippen LogP contribution is -2.52. The van der Waals surface area contributed by atoms with E-state index < -0.39 is 17.9 Å². The standard InChI is InChI=1S/C22H20ClFN4O3S/c1-3-14-17(11-28-7-8-31-12-18(28)22(29)30-2)26-20(21-25-6-9-32-21)27-19(14)15-5-4-13(24)10-16(15)23/h1,4-6,9-10,18-19H,7-8,11-12H2,2H3,(H,26,27). The molecule has 4 rings (SSSR count). The molecule has 0 radical (unpaired) electrons. The van der Waals surface area contributed by atoms with Crippen molar-refractivity contribution in [3.05, 3.63) is 62.5 Å². The highest BCUT2D eigenvalue weighted by Crippen LogP contribution is 2.36. The summed E-state index contributed by atoms with van der Waals surface area (Å²) in [4.78, 5) is 23.3. The Labute approximate surface area is 193 Å². The number of nitrogens with zero attached hydrogens (tertiary/aromatic N) is 3. The van der Waals surface area contributed by atoms with E-state index in [0.29, 0.717) is 47.4 Å². The van der Waals surface area contributed by atoms with Gasteiger partial charge in [-0.05, 0) is 12.1 Å². The van der Waals surface area contributed by atoms with Crippen LogP contribution in [0.3, 0.4) is 0 Å². The number of thiazole rings is 1. The summed E-state index contributed by atoms with van der Waals surface area (Å²) < 4.78 is 24.1. The Morgan fingerprint density at radius 1 is 1.53 bits per heavy atom. The fourth-order valence-electron chi connectivity index (χ4n) is 3.67. The SMILES string of the molecule is C#CC1=C(CN2CCOCC2C(=O)OC)NC(c2nccs2)=NC1c1ccc(F)cc1Cl. The number of hydrogen-bond donors (Lipinski definition) is 1. The summed E-state index contributed by atoms with van der Waals surface area (Å²) in [5, 5.41) is 6.04. The summed E-state index contributed by atoms with van der Waals surface area (Å²) in [6, 6.07) is 2.96. The minimum absolute atomic E-state index is 0.227. The molecule has 0 saturated carbocycles. The highest BCUT2D eigenvalue weighted by Gasteiger charge is 2.34. The van der Waals surface area contributed by atoms with Gasteiger partial charge >= 0.3 is 5.97 Å². The Balaban J connectivity index is 1.75. The molecule has 0 spiro atoms. The van der Waals surface area contributed by atoms with Crippen molar-refractivity contribution < 1.29 is 18.7 Å². The van der Waals surface area contributed by atoms with Gasteiger partial charge in [-0.15, -0.1) is 17.8 Å². The van der Waals surface area contributed by atoms with Gasteiger partial charge in [0.15, 0.2) is 10.8 Å². The number of amidine groups is 1. The summed E-state index contributed by atoms with van der Waals surface area (Å²) >= 11 is 7.78. The molecule has 1 saturated heterocycles. The fraction of sp³-hybridized carbons (Fsp3) is 0.318. The molecule has 0 amide bonds. The second-order valence-electron chi connectivity index (χ2n) is 7.13. The number of nitrogens with one attached hydrogen (secondary N) is 1. The fourth-order valence-corrected chi connectivity index (χ4v) is 4.53. The van der Waals surface area contributed by atoms with E-state index in [1.165, 1.54) is 30.6 Å². The van der Waals surface area contributed by atoms with Gasteiger partial charge in [-0.2, -0.15) is 0 Å². The van der Waals surface area contributed by atoms with E-state index in [0.717, 1.165) is 0 Å². The molecule has 0 aliphatic carbocycles. The number of benzene rings is 1. The molecule has 2 aliphatic heterocycles. The summed E-state index contributed by atoms with van der Waals surface area (Å²) in [6.07, 6.45) is 7.59. The molecule has 2 aliphatic rings. The van der Waals surface area contributed by atoms with Gasteiger partial charge in [-0.25, -0.2) is 9.37 Å². The molecule has 1 aromatic carbocycles. The Kier molecular flexibility index (Phi) is 6.86. The summed E-state index contributed by atoms with van der Waals surface area (Å²) in [5.74, 6) is 2.43. The Hall–Kier alpha value is -2.77. The average Bonchev–Trinajstić information content (AvgIpc) is 3.33. The van der Waals surface area contributed by atoms with Gasteiger partial charge in [0, 0.05) is 40.9 Å². The van der Waals surface area contributed by atoms with E-state index >= 15 is 0 Å². The second-order valence-corrected chi connectivity index (χ2v) is 8.43. The normalized spacial score (nSPS) is 21.5. The van der Waals surface area contributed by atoms with Crippen LogP contribution in [0.1, 0.15) is 16.6 Å². The van der Waals surface area contributed by atoms with Crippen LogP contribution in [0.4, 0.5) is 4.39 Å². The molecule has 2 unspecified atom stereocenters. The van der Waals surface area contributed by atoms with E-state index in [1.807, 2.05) is 10.3 Å². The maximum atomic E-state index is 13.7. The van der Waals surface area contributed by atoms with E-state index in [4.69, 9.17) is 32.5 Å². The minimum Gasteiger partial charge on any atom is -0.468 e. The van der Waals surface area contributed by atoms with Crippen LogP contribution in [0.15, 0.2) is 46.0 Å². The molecular weight excluding hydrogens is 455 g/mol. The monoisotopic (exact) mass is 474 g/mol. The molecule has 1 N–H and O–H groups in total. The van der Waals surface area contributed by atoms with Gasteiger partial charge in [-0.1, -0.05) is 23.6 Å². The van der Waals surface area contributed by atoms with Gasteiger partial charge in [0.2, 0.25) is 0 Å². The van der Waals surface area contributed by atoms with E-state index in [9.17, 15) is 9.18 Å². The van der Waals surface area contributed by atoms with Crippen molar-refractivity contribution in [2.75, 3.05) is 33.4 Å². The number of esters is 1. The number of carbonyl (C=O) groups is 1. The molecular formula is C22H20ClFN4O3S. The van der Waals surface area contributed by atoms with Crippen LogP contribution in [0.25, 0.3) is 0 Å². The number of hydrogen-bond acceptors (Lipinski definition) is 8. The highest BCUT2D eigenvalue weighted by molar-refractivity contribution is 7.11. The quantitative estimate of drug-likeness (QED) is 0.530. The first-order chi connectivity index (χ1) is 15.5. The van der Waals surface area contributed by atoms with Crippen molar-refractivity contribution in [2.45, 2.75) is 12.1 Å². The smallest absolute Gasteiger partial charge is 0.325 e. The number of terminal acetylenes is 1. The van der Waals surface area contributed by atoms with Crippen molar-refractivity contribution in [2.24, 2.45) is 4.99 Å². The highest BCUT2D eigenvalue weighted by atomic mass is 35.5. The Bertz CT molecular complexity index is 1110. The van der Waals surface area contributed by atoms with Crippen LogP contribution in [-0.4, -0.2) is 61.1 Å². The predicted octanol–water partition coefficient (Wildman–Crippen LogP) is 2.79. The Morgan fingerprint density at radius 3 is 3.06 bits per heavy atom. The van der Waals surface area contributed by atoms with Gasteiger partial charge in [0.05, 0.1) is 25.9 Å². The van der Waals surface area contributed by atoms with Crippen molar-refractivity contribution in [3.8, 4) is 12.3 Å². The molecule has 1 fully saturated rings. The zero-order valence-electron chi connectivity index (χ0n) is 17.2. The number of ether oxygens (including phenoxy) is 2. The van der Waals surface area contributed by atoms with Crippen LogP contribution < -0.4 is 5.32 Å². The van der Waals surface area contributed by atoms with Gasteiger partial charge < -0.3 is 14.8 Å². The van der Waals surface area contributed by atoms with Crippen LogP contribution in [0.2, 0.25) is 5.02 Å². The molecule has 7 nitrogen and oxygen atoms in total. The molecule has 166 valence electrons. The first kappa shape index (κ1) is 22.4. The second kappa shape index (κ2) is 9.79. The molecule has 2 atom stereocenters. The van der Waals surface area contributed by atoms with Crippen LogP contribution in [-0.2, 0) is 14.3 Å². The first-order valence-electron chi connectivity index (χ1n) is 9.80. The largest absolute Gasteiger partial charge is 0.468 e. The Morgan fingerprint density at radius 2 is 2.38 bits per heavy atom. The van der Waals surface area contributed by atoms with E-state index in [1.54, 1.807) is 12.3 Å². The van der Waals surface area contributed by atoms with Crippen molar-refractivity contribution >= 4 is 34.7 Å². The number of carbonyl (C=O) groups excluding carboxylic acids is 1. The zero-order valence-corrected chi connectivity index (χ0v) is 18.8. The number of halogens is 2. The molecule has 1 aromatic heterocycles. The van der Waals surface area contributed by atoms with Gasteiger partial charge in [-0.3, -0.25) is 14.7 Å². The first-order valence-corrected chi connectivity index (χ1v) is 11.1. The van der Waals surface area contributed by atoms with Gasteiger partial charge in [0.1, 0.15) is 17.9 Å². The number of aliphatic imine (C=N–C) groups is 1. The van der Waals surface area contributed by atoms with Crippen molar-refractivity contribution in [1.82, 2.24) is 15.2 Å². The van der Waals surface area contributed by atoms with E-state index in [-0.39, 0.29) is 17.6 Å². The third kappa shape index (κ3) is 4.54. The average molecular weight is 475 g/mol. The third-order valence-electron chi connectivity index (χ3n) is 5.25. The molecule has 2 aromatic rings. The molecule has 3 heterocycles. The van der Waals surface area contributed by atoms with Crippen LogP contribution >= 0.6 is 22.9 Å². The van der Waals surface area contributed by atoms with Crippen LogP contribution in [0, 0.1) is 18.2 Å². The lowest BCUT2D eigenvalue weighted by molar-refractivity contribution is -0.152. The summed E-state index contributed by atoms with van der Waals surface area (Å²) in [6.45, 7) is 1.57. The van der Waals surface area contributed by atoms with Crippen molar-refractivity contribution in [3.63, 3.8) is 0 Å². The summed E-state index contributed by atoms with van der Waals surface area (Å²) in [5.41, 5.74) is 1.82. The zero-order chi connectivity index (χ0) is 22.7. The van der Waals surface area contributed by atoms with Crippen molar-refractivity contribution in [1.29, 1.82) is 0 Å². The number of morpholine rings is 1. The lowest BCUT2D eigenvalue weighted by atomic mass is 9.95. The summed E-state index contributed by atoms with van der Waals surface area (Å²) in [7, 11) is 1.35. The number of methoxy groups -OCH3 is 1. The third-order valence-corrected chi connectivity index (χ3v) is 6.35. The predicted molar refractivity (Wildman–Crippen MR) is 120 cm³/mol. The molecule has 0 bridgehead atoms. The number of aromatic nitrogens is 1. The van der Waals surface area contributed by atoms with E-state index in [2.05, 4.69) is 16.2 Å².